The first kappa shape index (κ1) is 13.8. The van der Waals surface area contributed by atoms with E-state index in [1.807, 2.05) is 0 Å². The van der Waals surface area contributed by atoms with Crippen LogP contribution in [0.1, 0.15) is 5.56 Å². The summed E-state index contributed by atoms with van der Waals surface area (Å²) in [4.78, 5) is 35.4. The molecule has 1 aliphatic heterocycles. The van der Waals surface area contributed by atoms with E-state index < -0.39 is 11.8 Å². The number of nitrogens with one attached hydrogen (secondary N) is 1. The number of benzene rings is 1. The van der Waals surface area contributed by atoms with E-state index in [9.17, 15) is 14.4 Å². The molecule has 0 unspecified atom stereocenters. The fourth-order valence-corrected chi connectivity index (χ4v) is 1.78. The Morgan fingerprint density at radius 1 is 1.20 bits per heavy atom. The van der Waals surface area contributed by atoms with Crippen molar-refractivity contribution in [3.63, 3.8) is 0 Å². The molecule has 0 aliphatic carbocycles. The molecule has 104 valence electrons. The summed E-state index contributed by atoms with van der Waals surface area (Å²) in [5, 5.41) is 2.14. The van der Waals surface area contributed by atoms with Gasteiger partial charge in [-0.15, -0.1) is 0 Å². The third-order valence-electron chi connectivity index (χ3n) is 2.79. The quantitative estimate of drug-likeness (QED) is 0.631. The molecule has 0 spiro atoms. The van der Waals surface area contributed by atoms with E-state index in [0.29, 0.717) is 0 Å². The van der Waals surface area contributed by atoms with Crippen molar-refractivity contribution in [2.75, 3.05) is 20.2 Å². The van der Waals surface area contributed by atoms with Crippen molar-refractivity contribution >= 4 is 23.8 Å². The molecule has 0 aromatic heterocycles. The van der Waals surface area contributed by atoms with Crippen molar-refractivity contribution in [3.8, 4) is 5.75 Å². The van der Waals surface area contributed by atoms with E-state index in [4.69, 9.17) is 4.74 Å². The van der Waals surface area contributed by atoms with E-state index in [1.54, 1.807) is 37.5 Å². The third-order valence-corrected chi connectivity index (χ3v) is 2.79. The Bertz CT molecular complexity index is 547. The van der Waals surface area contributed by atoms with E-state index in [1.165, 1.54) is 11.0 Å². The summed E-state index contributed by atoms with van der Waals surface area (Å²) in [6.07, 6.45) is 2.96. The molecule has 6 heteroatoms. The predicted octanol–water partition coefficient (Wildman–Crippen LogP) is 0.193. The van der Waals surface area contributed by atoms with Crippen LogP contribution >= 0.6 is 0 Å². The molecule has 0 radical (unpaired) electrons. The molecule has 1 N–H and O–H groups in total. The lowest BCUT2D eigenvalue weighted by atomic mass is 10.2. The zero-order chi connectivity index (χ0) is 14.5. The normalized spacial score (nSPS) is 15.3. The lowest BCUT2D eigenvalue weighted by molar-refractivity contribution is -0.143. The number of hydrogen-bond acceptors (Lipinski definition) is 4. The number of rotatable bonds is 3. The molecule has 1 fully saturated rings. The van der Waals surface area contributed by atoms with Crippen LogP contribution in [0.5, 0.6) is 5.75 Å². The first-order valence-electron chi connectivity index (χ1n) is 6.02. The Hall–Kier alpha value is -2.63. The topological polar surface area (TPSA) is 75.7 Å². The molecule has 6 nitrogen and oxygen atoms in total. The highest BCUT2D eigenvalue weighted by molar-refractivity contribution is 6.04. The smallest absolute Gasteiger partial charge is 0.247 e. The van der Waals surface area contributed by atoms with Crippen LogP contribution in [0.2, 0.25) is 0 Å². The Labute approximate surface area is 116 Å². The summed E-state index contributed by atoms with van der Waals surface area (Å²) in [6, 6.07) is 7.16. The van der Waals surface area contributed by atoms with Crippen molar-refractivity contribution in [3.05, 3.63) is 35.9 Å². The van der Waals surface area contributed by atoms with Crippen molar-refractivity contribution in [2.45, 2.75) is 0 Å². The van der Waals surface area contributed by atoms with Gasteiger partial charge in [-0.25, -0.2) is 0 Å². The van der Waals surface area contributed by atoms with Gasteiger partial charge in [-0.2, -0.15) is 0 Å². The molecule has 20 heavy (non-hydrogen) atoms. The van der Waals surface area contributed by atoms with Crippen LogP contribution in [0.25, 0.3) is 6.08 Å². The summed E-state index contributed by atoms with van der Waals surface area (Å²) < 4.78 is 5.03. The average Bonchev–Trinajstić information content (AvgIpc) is 2.44. The molecule has 0 bridgehead atoms. The van der Waals surface area contributed by atoms with Gasteiger partial charge >= 0.3 is 0 Å². The molecule has 1 aromatic carbocycles. The number of ether oxygens (including phenoxy) is 1. The number of methoxy groups -OCH3 is 1. The minimum absolute atomic E-state index is 0.0997. The fourth-order valence-electron chi connectivity index (χ4n) is 1.78. The van der Waals surface area contributed by atoms with Gasteiger partial charge in [0.25, 0.3) is 0 Å². The van der Waals surface area contributed by atoms with Crippen LogP contribution in [-0.2, 0) is 14.4 Å². The number of carbonyl (C=O) groups is 3. The van der Waals surface area contributed by atoms with Gasteiger partial charge in [0, 0.05) is 6.08 Å². The summed E-state index contributed by atoms with van der Waals surface area (Å²) in [5.41, 5.74) is 0.826. The minimum atomic E-state index is -0.465. The summed E-state index contributed by atoms with van der Waals surface area (Å²) >= 11 is 0. The molecular formula is C14H14N2O4. The van der Waals surface area contributed by atoms with Crippen LogP contribution in [0.3, 0.4) is 0 Å². The second-order valence-electron chi connectivity index (χ2n) is 4.27. The van der Waals surface area contributed by atoms with Gasteiger partial charge < -0.3 is 9.64 Å². The van der Waals surface area contributed by atoms with Crippen LogP contribution in [0.4, 0.5) is 0 Å². The maximum atomic E-state index is 11.9. The van der Waals surface area contributed by atoms with Gasteiger partial charge in [-0.05, 0) is 23.8 Å². The van der Waals surface area contributed by atoms with Crippen molar-refractivity contribution in [1.82, 2.24) is 10.2 Å². The number of carbonyl (C=O) groups excluding carboxylic acids is 3. The van der Waals surface area contributed by atoms with Crippen LogP contribution < -0.4 is 10.1 Å². The van der Waals surface area contributed by atoms with Gasteiger partial charge in [0.15, 0.2) is 0 Å². The molecule has 1 aliphatic rings. The second-order valence-corrected chi connectivity index (χ2v) is 4.27. The lowest BCUT2D eigenvalue weighted by Gasteiger charge is -2.24. The summed E-state index contributed by atoms with van der Waals surface area (Å²) in [7, 11) is 1.58. The molecule has 2 rings (SSSR count). The Kier molecular flexibility index (Phi) is 4.14. The maximum Gasteiger partial charge on any atom is 0.247 e. The first-order chi connectivity index (χ1) is 9.58. The Morgan fingerprint density at radius 2 is 1.80 bits per heavy atom. The van der Waals surface area contributed by atoms with Crippen LogP contribution in [0.15, 0.2) is 30.3 Å². The lowest BCUT2D eigenvalue weighted by Crippen LogP contribution is -2.52. The first-order valence-corrected chi connectivity index (χ1v) is 6.02. The van der Waals surface area contributed by atoms with Gasteiger partial charge in [0.05, 0.1) is 7.11 Å². The van der Waals surface area contributed by atoms with Crippen LogP contribution in [-0.4, -0.2) is 42.8 Å². The number of hydrogen-bond donors (Lipinski definition) is 1. The van der Waals surface area contributed by atoms with Gasteiger partial charge in [-0.3, -0.25) is 19.7 Å². The molecule has 3 amide bonds. The summed E-state index contributed by atoms with van der Waals surface area (Å²) in [5.74, 6) is -0.573. The summed E-state index contributed by atoms with van der Waals surface area (Å²) in [6.45, 7) is -0.199. The van der Waals surface area contributed by atoms with E-state index in [2.05, 4.69) is 5.32 Å². The standard InChI is InChI=1S/C14H14N2O4/c1-20-11-5-2-10(3-6-11)4-7-14(19)16-8-12(17)15-13(18)9-16/h2-7H,8-9H2,1H3,(H,15,17,18). The highest BCUT2D eigenvalue weighted by Gasteiger charge is 2.24. The molecule has 1 aromatic rings. The van der Waals surface area contributed by atoms with E-state index >= 15 is 0 Å². The highest BCUT2D eigenvalue weighted by Crippen LogP contribution is 2.12. The van der Waals surface area contributed by atoms with Crippen molar-refractivity contribution in [2.24, 2.45) is 0 Å². The molecule has 1 heterocycles. The maximum absolute atomic E-state index is 11.9. The fraction of sp³-hybridized carbons (Fsp3) is 0.214. The molecule has 0 atom stereocenters. The van der Waals surface area contributed by atoms with Crippen molar-refractivity contribution in [1.29, 1.82) is 0 Å². The minimum Gasteiger partial charge on any atom is -0.497 e. The molecular weight excluding hydrogens is 260 g/mol. The monoisotopic (exact) mass is 274 g/mol. The van der Waals surface area contributed by atoms with Crippen LogP contribution in [0, 0.1) is 0 Å². The average molecular weight is 274 g/mol. The van der Waals surface area contributed by atoms with Crippen molar-refractivity contribution < 1.29 is 19.1 Å². The van der Waals surface area contributed by atoms with Gasteiger partial charge in [0.1, 0.15) is 18.8 Å². The second kappa shape index (κ2) is 6.01. The zero-order valence-electron chi connectivity index (χ0n) is 11.0. The Morgan fingerprint density at radius 3 is 2.35 bits per heavy atom. The van der Waals surface area contributed by atoms with Gasteiger partial charge in [-0.1, -0.05) is 12.1 Å². The molecule has 0 saturated carbocycles. The third kappa shape index (κ3) is 3.44. The zero-order valence-corrected chi connectivity index (χ0v) is 11.0. The number of amides is 3. The number of nitrogens with zero attached hydrogens (tertiary/aromatic N) is 1. The highest BCUT2D eigenvalue weighted by atomic mass is 16.5. The SMILES string of the molecule is COc1ccc(C=CC(=O)N2CC(=O)NC(=O)C2)cc1. The Balaban J connectivity index is 2.00. The molecule has 1 saturated heterocycles. The van der Waals surface area contributed by atoms with Gasteiger partial charge in [0.2, 0.25) is 17.7 Å². The largest absolute Gasteiger partial charge is 0.497 e. The van der Waals surface area contributed by atoms with E-state index in [-0.39, 0.29) is 19.0 Å². The van der Waals surface area contributed by atoms with E-state index in [0.717, 1.165) is 11.3 Å². The predicted molar refractivity (Wildman–Crippen MR) is 71.8 cm³/mol. The number of piperazine rings is 1. The number of imide groups is 1.